The summed E-state index contributed by atoms with van der Waals surface area (Å²) in [5.41, 5.74) is 4.07. The highest BCUT2D eigenvalue weighted by Gasteiger charge is 2.22. The Morgan fingerprint density at radius 3 is 2.62 bits per heavy atom. The summed E-state index contributed by atoms with van der Waals surface area (Å²) in [5, 5.41) is 8.39. The summed E-state index contributed by atoms with van der Waals surface area (Å²) >= 11 is 3.62. The molecule has 2 aromatic carbocycles. The van der Waals surface area contributed by atoms with Gasteiger partial charge in [0.15, 0.2) is 0 Å². The molecule has 0 fully saturated rings. The van der Waals surface area contributed by atoms with Gasteiger partial charge < -0.3 is 5.32 Å². The molecule has 0 spiro atoms. The molecule has 3 aromatic rings. The molecule has 1 N–H and O–H groups in total. The molecule has 1 aliphatic heterocycles. The number of benzene rings is 2. The first-order chi connectivity index (χ1) is 11.7. The van der Waals surface area contributed by atoms with Gasteiger partial charge in [-0.1, -0.05) is 12.1 Å². The van der Waals surface area contributed by atoms with E-state index in [0.29, 0.717) is 0 Å². The molecule has 0 unspecified atom stereocenters. The summed E-state index contributed by atoms with van der Waals surface area (Å²) in [5.74, 6) is 0.812. The number of para-hydroxylation sites is 1. The number of hydrogen-bond acceptors (Lipinski definition) is 2. The van der Waals surface area contributed by atoms with Crippen molar-refractivity contribution >= 4 is 21.7 Å². The van der Waals surface area contributed by atoms with Crippen LogP contribution in [0, 0.1) is 5.82 Å². The Bertz CT molecular complexity index is 871. The summed E-state index contributed by atoms with van der Waals surface area (Å²) in [7, 11) is 0. The third-order valence-corrected chi connectivity index (χ3v) is 5.00. The van der Waals surface area contributed by atoms with E-state index in [0.717, 1.165) is 53.0 Å². The van der Waals surface area contributed by atoms with Crippen LogP contribution in [0.25, 0.3) is 16.9 Å². The third kappa shape index (κ3) is 2.73. The quantitative estimate of drug-likeness (QED) is 0.657. The molecule has 4 rings (SSSR count). The van der Waals surface area contributed by atoms with E-state index in [4.69, 9.17) is 5.10 Å². The monoisotopic (exact) mass is 385 g/mol. The van der Waals surface area contributed by atoms with Crippen LogP contribution in [-0.4, -0.2) is 16.3 Å². The first-order valence-electron chi connectivity index (χ1n) is 8.10. The molecule has 24 heavy (non-hydrogen) atoms. The van der Waals surface area contributed by atoms with Crippen molar-refractivity contribution in [3.05, 3.63) is 64.4 Å². The minimum Gasteiger partial charge on any atom is -0.370 e. The molecule has 2 heterocycles. The molecule has 0 bridgehead atoms. The van der Waals surface area contributed by atoms with E-state index in [-0.39, 0.29) is 5.82 Å². The zero-order valence-electron chi connectivity index (χ0n) is 13.1. The molecule has 5 heteroatoms. The fraction of sp³-hybridized carbons (Fsp3) is 0.211. The lowest BCUT2D eigenvalue weighted by molar-refractivity contribution is 0.628. The first kappa shape index (κ1) is 15.4. The third-order valence-electron chi connectivity index (χ3n) is 4.33. The summed E-state index contributed by atoms with van der Waals surface area (Å²) in [6, 6.07) is 14.6. The molecule has 0 aliphatic carbocycles. The summed E-state index contributed by atoms with van der Waals surface area (Å²) in [6.07, 6.45) is 3.23. The largest absolute Gasteiger partial charge is 0.370 e. The lowest BCUT2D eigenvalue weighted by Gasteiger charge is -2.10. The average molecular weight is 386 g/mol. The van der Waals surface area contributed by atoms with Gasteiger partial charge in [-0.3, -0.25) is 0 Å². The lowest BCUT2D eigenvalue weighted by Crippen LogP contribution is -2.07. The lowest BCUT2D eigenvalue weighted by atomic mass is 10.0. The Hall–Kier alpha value is -2.14. The van der Waals surface area contributed by atoms with Crippen LogP contribution in [0.2, 0.25) is 0 Å². The van der Waals surface area contributed by atoms with Crippen molar-refractivity contribution < 1.29 is 4.39 Å². The topological polar surface area (TPSA) is 29.9 Å². The molecule has 0 radical (unpaired) electrons. The smallest absolute Gasteiger partial charge is 0.133 e. The highest BCUT2D eigenvalue weighted by molar-refractivity contribution is 9.10. The van der Waals surface area contributed by atoms with Crippen molar-refractivity contribution in [2.24, 2.45) is 0 Å². The number of anilines is 1. The standard InChI is InChI=1S/C19H17BrFN3/c20-16-6-1-2-7-17(16)24-19-15(5-3-4-12-22-19)18(23-24)13-8-10-14(21)11-9-13/h1-2,6-11,22H,3-5,12H2. The van der Waals surface area contributed by atoms with Crippen LogP contribution in [0.1, 0.15) is 18.4 Å². The van der Waals surface area contributed by atoms with E-state index in [1.807, 2.05) is 28.9 Å². The van der Waals surface area contributed by atoms with Gasteiger partial charge in [0.25, 0.3) is 0 Å². The molecule has 1 aliphatic rings. The van der Waals surface area contributed by atoms with E-state index < -0.39 is 0 Å². The predicted molar refractivity (Wildman–Crippen MR) is 98.1 cm³/mol. The molecular formula is C19H17BrFN3. The summed E-state index contributed by atoms with van der Waals surface area (Å²) < 4.78 is 16.2. The maximum atomic E-state index is 13.3. The average Bonchev–Trinajstić information content (AvgIpc) is 2.78. The van der Waals surface area contributed by atoms with E-state index >= 15 is 0 Å². The second kappa shape index (κ2) is 6.40. The van der Waals surface area contributed by atoms with Crippen molar-refractivity contribution in [3.8, 4) is 16.9 Å². The highest BCUT2D eigenvalue weighted by atomic mass is 79.9. The number of nitrogens with zero attached hydrogens (tertiary/aromatic N) is 2. The summed E-state index contributed by atoms with van der Waals surface area (Å²) in [6.45, 7) is 0.937. The number of rotatable bonds is 2. The Morgan fingerprint density at radius 1 is 1.04 bits per heavy atom. The molecule has 3 nitrogen and oxygen atoms in total. The Balaban J connectivity index is 1.92. The molecule has 0 saturated carbocycles. The molecule has 0 amide bonds. The SMILES string of the molecule is Fc1ccc(-c2nn(-c3ccccc3Br)c3c2CCCCN3)cc1. The van der Waals surface area contributed by atoms with Gasteiger partial charge in [0.1, 0.15) is 11.6 Å². The van der Waals surface area contributed by atoms with Gasteiger partial charge in [-0.25, -0.2) is 9.07 Å². The Kier molecular flexibility index (Phi) is 4.10. The normalized spacial score (nSPS) is 13.9. The van der Waals surface area contributed by atoms with Gasteiger partial charge in [0, 0.05) is 22.1 Å². The van der Waals surface area contributed by atoms with E-state index in [1.165, 1.54) is 17.7 Å². The van der Waals surface area contributed by atoms with Crippen molar-refractivity contribution in [3.63, 3.8) is 0 Å². The Labute approximate surface area is 148 Å². The van der Waals surface area contributed by atoms with E-state index in [2.05, 4.69) is 21.2 Å². The molecule has 1 aromatic heterocycles. The van der Waals surface area contributed by atoms with Crippen LogP contribution in [0.5, 0.6) is 0 Å². The fourth-order valence-corrected chi connectivity index (χ4v) is 3.59. The number of aromatic nitrogens is 2. The van der Waals surface area contributed by atoms with Gasteiger partial charge in [-0.2, -0.15) is 5.10 Å². The second-order valence-corrected chi connectivity index (χ2v) is 6.78. The second-order valence-electron chi connectivity index (χ2n) is 5.93. The zero-order chi connectivity index (χ0) is 16.5. The molecule has 122 valence electrons. The van der Waals surface area contributed by atoms with Crippen LogP contribution >= 0.6 is 15.9 Å². The van der Waals surface area contributed by atoms with Gasteiger partial charge >= 0.3 is 0 Å². The van der Waals surface area contributed by atoms with Gasteiger partial charge in [0.05, 0.1) is 11.4 Å². The van der Waals surface area contributed by atoms with E-state index in [9.17, 15) is 4.39 Å². The van der Waals surface area contributed by atoms with Gasteiger partial charge in [0.2, 0.25) is 0 Å². The van der Waals surface area contributed by atoms with Crippen molar-refractivity contribution in [1.29, 1.82) is 0 Å². The number of fused-ring (bicyclic) bond motifs is 1. The predicted octanol–water partition coefficient (Wildman–Crippen LogP) is 5.19. The van der Waals surface area contributed by atoms with Crippen molar-refractivity contribution in [1.82, 2.24) is 9.78 Å². The highest BCUT2D eigenvalue weighted by Crippen LogP contribution is 2.35. The van der Waals surface area contributed by atoms with Crippen LogP contribution in [0.15, 0.2) is 53.0 Å². The first-order valence-corrected chi connectivity index (χ1v) is 8.90. The van der Waals surface area contributed by atoms with Crippen LogP contribution in [-0.2, 0) is 6.42 Å². The zero-order valence-corrected chi connectivity index (χ0v) is 14.7. The maximum absolute atomic E-state index is 13.3. The Morgan fingerprint density at radius 2 is 1.83 bits per heavy atom. The van der Waals surface area contributed by atoms with Gasteiger partial charge in [-0.05, 0) is 71.6 Å². The van der Waals surface area contributed by atoms with Crippen LogP contribution in [0.3, 0.4) is 0 Å². The van der Waals surface area contributed by atoms with Crippen LogP contribution in [0.4, 0.5) is 10.2 Å². The van der Waals surface area contributed by atoms with Crippen LogP contribution < -0.4 is 5.32 Å². The van der Waals surface area contributed by atoms with Gasteiger partial charge in [-0.15, -0.1) is 0 Å². The number of nitrogens with one attached hydrogen (secondary N) is 1. The maximum Gasteiger partial charge on any atom is 0.133 e. The number of halogens is 2. The molecule has 0 atom stereocenters. The van der Waals surface area contributed by atoms with E-state index in [1.54, 1.807) is 12.1 Å². The van der Waals surface area contributed by atoms with Crippen molar-refractivity contribution in [2.75, 3.05) is 11.9 Å². The molecule has 0 saturated heterocycles. The summed E-state index contributed by atoms with van der Waals surface area (Å²) in [4.78, 5) is 0. The minimum absolute atomic E-state index is 0.229. The minimum atomic E-state index is -0.229. The van der Waals surface area contributed by atoms with Crippen molar-refractivity contribution in [2.45, 2.75) is 19.3 Å². The number of hydrogen-bond donors (Lipinski definition) is 1. The molecular weight excluding hydrogens is 369 g/mol. The fourth-order valence-electron chi connectivity index (χ4n) is 3.14.